The molecule has 4 nitrogen and oxygen atoms in total. The summed E-state index contributed by atoms with van der Waals surface area (Å²) in [6, 6.07) is 15.3. The fourth-order valence-electron chi connectivity index (χ4n) is 1.86. The molecule has 0 aliphatic heterocycles. The van der Waals surface area contributed by atoms with E-state index in [1.54, 1.807) is 19.1 Å². The molecule has 2 aromatic carbocycles. The van der Waals surface area contributed by atoms with Gasteiger partial charge < -0.3 is 9.84 Å². The van der Waals surface area contributed by atoms with Gasteiger partial charge in [0.1, 0.15) is 6.10 Å². The van der Waals surface area contributed by atoms with Crippen molar-refractivity contribution in [2.75, 3.05) is 0 Å². The lowest BCUT2D eigenvalue weighted by Crippen LogP contribution is -2.13. The quantitative estimate of drug-likeness (QED) is 0.866. The minimum Gasteiger partial charge on any atom is -0.478 e. The zero-order valence-corrected chi connectivity index (χ0v) is 10.9. The zero-order valence-electron chi connectivity index (χ0n) is 10.9. The molecule has 0 amide bonds. The van der Waals surface area contributed by atoms with E-state index < -0.39 is 18.0 Å². The highest BCUT2D eigenvalue weighted by Gasteiger charge is 2.19. The summed E-state index contributed by atoms with van der Waals surface area (Å²) in [6.45, 7) is 1.75. The Bertz CT molecular complexity index is 619. The van der Waals surface area contributed by atoms with Gasteiger partial charge in [0.25, 0.3) is 0 Å². The Hall–Kier alpha value is -2.62. The molecule has 0 spiro atoms. The molecule has 0 radical (unpaired) electrons. The number of rotatable bonds is 4. The molecular weight excluding hydrogens is 256 g/mol. The summed E-state index contributed by atoms with van der Waals surface area (Å²) in [4.78, 5) is 23.1. The Kier molecular flexibility index (Phi) is 4.15. The van der Waals surface area contributed by atoms with E-state index in [2.05, 4.69) is 0 Å². The number of esters is 1. The molecule has 0 saturated heterocycles. The normalized spacial score (nSPS) is 11.7. The van der Waals surface area contributed by atoms with E-state index in [9.17, 15) is 9.59 Å². The maximum atomic E-state index is 12.1. The highest BCUT2D eigenvalue weighted by atomic mass is 16.5. The second-order valence-electron chi connectivity index (χ2n) is 4.31. The summed E-state index contributed by atoms with van der Waals surface area (Å²) in [6.07, 6.45) is -0.439. The molecule has 1 atom stereocenters. The number of benzene rings is 2. The SMILES string of the molecule is CC(OC(=O)c1ccccc1C(=O)O)c1ccccc1. The molecular formula is C16H14O4. The van der Waals surface area contributed by atoms with Gasteiger partial charge in [-0.1, -0.05) is 42.5 Å². The third kappa shape index (κ3) is 3.03. The molecule has 2 rings (SSSR count). The first-order valence-corrected chi connectivity index (χ1v) is 6.18. The largest absolute Gasteiger partial charge is 0.478 e. The van der Waals surface area contributed by atoms with Crippen LogP contribution in [0.4, 0.5) is 0 Å². The molecule has 4 heteroatoms. The number of aromatic carboxylic acids is 1. The summed E-state index contributed by atoms with van der Waals surface area (Å²) in [5.41, 5.74) is 0.856. The molecule has 102 valence electrons. The Balaban J connectivity index is 2.19. The number of hydrogen-bond acceptors (Lipinski definition) is 3. The van der Waals surface area contributed by atoms with Gasteiger partial charge in [-0.2, -0.15) is 0 Å². The van der Waals surface area contributed by atoms with Crippen molar-refractivity contribution in [2.24, 2.45) is 0 Å². The molecule has 0 saturated carbocycles. The van der Waals surface area contributed by atoms with Crippen LogP contribution in [0.5, 0.6) is 0 Å². The molecule has 0 aliphatic carbocycles. The van der Waals surface area contributed by atoms with Gasteiger partial charge in [-0.15, -0.1) is 0 Å². The zero-order chi connectivity index (χ0) is 14.5. The van der Waals surface area contributed by atoms with Crippen LogP contribution >= 0.6 is 0 Å². The van der Waals surface area contributed by atoms with E-state index in [0.717, 1.165) is 5.56 Å². The second-order valence-corrected chi connectivity index (χ2v) is 4.31. The van der Waals surface area contributed by atoms with Crippen LogP contribution in [0.25, 0.3) is 0 Å². The minimum absolute atomic E-state index is 0.0576. The summed E-state index contributed by atoms with van der Waals surface area (Å²) in [5, 5.41) is 9.06. The average Bonchev–Trinajstić information content (AvgIpc) is 2.48. The number of carbonyl (C=O) groups is 2. The number of ether oxygens (including phenoxy) is 1. The number of carbonyl (C=O) groups excluding carboxylic acids is 1. The fourth-order valence-corrected chi connectivity index (χ4v) is 1.86. The summed E-state index contributed by atoms with van der Waals surface area (Å²) in [5.74, 6) is -1.79. The first-order chi connectivity index (χ1) is 9.59. The highest BCUT2D eigenvalue weighted by molar-refractivity contribution is 6.02. The lowest BCUT2D eigenvalue weighted by Gasteiger charge is -2.14. The minimum atomic E-state index is -1.15. The van der Waals surface area contributed by atoms with E-state index in [1.807, 2.05) is 30.3 Å². The molecule has 0 fully saturated rings. The number of carboxylic acids is 1. The van der Waals surface area contributed by atoms with E-state index in [4.69, 9.17) is 9.84 Å². The second kappa shape index (κ2) is 6.02. The maximum absolute atomic E-state index is 12.1. The van der Waals surface area contributed by atoms with Crippen LogP contribution in [0, 0.1) is 0 Å². The standard InChI is InChI=1S/C16H14O4/c1-11(12-7-3-2-4-8-12)20-16(19)14-10-6-5-9-13(14)15(17)18/h2-11H,1H3,(H,17,18). The van der Waals surface area contributed by atoms with Crippen LogP contribution in [-0.4, -0.2) is 17.0 Å². The third-order valence-electron chi connectivity index (χ3n) is 2.93. The van der Waals surface area contributed by atoms with Gasteiger partial charge in [-0.05, 0) is 24.6 Å². The predicted molar refractivity (Wildman–Crippen MR) is 73.7 cm³/mol. The third-order valence-corrected chi connectivity index (χ3v) is 2.93. The predicted octanol–water partition coefficient (Wildman–Crippen LogP) is 3.30. The fraction of sp³-hybridized carbons (Fsp3) is 0.125. The van der Waals surface area contributed by atoms with Crippen LogP contribution in [0.2, 0.25) is 0 Å². The smallest absolute Gasteiger partial charge is 0.339 e. The molecule has 0 aliphatic rings. The van der Waals surface area contributed by atoms with Gasteiger partial charge in [0.2, 0.25) is 0 Å². The van der Waals surface area contributed by atoms with Gasteiger partial charge >= 0.3 is 11.9 Å². The van der Waals surface area contributed by atoms with Crippen LogP contribution in [-0.2, 0) is 4.74 Å². The first-order valence-electron chi connectivity index (χ1n) is 6.18. The van der Waals surface area contributed by atoms with Gasteiger partial charge in [0.15, 0.2) is 0 Å². The Morgan fingerprint density at radius 1 is 0.950 bits per heavy atom. The number of carboxylic acid groups (broad SMARTS) is 1. The topological polar surface area (TPSA) is 63.6 Å². The van der Waals surface area contributed by atoms with E-state index >= 15 is 0 Å². The lowest BCUT2D eigenvalue weighted by atomic mass is 10.1. The molecule has 0 heterocycles. The van der Waals surface area contributed by atoms with Crippen molar-refractivity contribution in [2.45, 2.75) is 13.0 Å². The van der Waals surface area contributed by atoms with Crippen molar-refractivity contribution in [3.05, 3.63) is 71.3 Å². The van der Waals surface area contributed by atoms with E-state index in [0.29, 0.717) is 0 Å². The molecule has 1 N–H and O–H groups in total. The maximum Gasteiger partial charge on any atom is 0.339 e. The molecule has 20 heavy (non-hydrogen) atoms. The lowest BCUT2D eigenvalue weighted by molar-refractivity contribution is 0.0331. The van der Waals surface area contributed by atoms with Crippen LogP contribution < -0.4 is 0 Å². The Morgan fingerprint density at radius 3 is 2.10 bits per heavy atom. The van der Waals surface area contributed by atoms with Crippen molar-refractivity contribution < 1.29 is 19.4 Å². The van der Waals surface area contributed by atoms with Gasteiger partial charge in [-0.25, -0.2) is 9.59 Å². The van der Waals surface area contributed by atoms with Crippen LogP contribution in [0.1, 0.15) is 39.3 Å². The highest BCUT2D eigenvalue weighted by Crippen LogP contribution is 2.19. The molecule has 1 unspecified atom stereocenters. The summed E-state index contributed by atoms with van der Waals surface area (Å²) >= 11 is 0. The van der Waals surface area contributed by atoms with Gasteiger partial charge in [0.05, 0.1) is 11.1 Å². The van der Waals surface area contributed by atoms with Crippen LogP contribution in [0.15, 0.2) is 54.6 Å². The van der Waals surface area contributed by atoms with Gasteiger partial charge in [-0.3, -0.25) is 0 Å². The van der Waals surface area contributed by atoms with Crippen molar-refractivity contribution in [3.63, 3.8) is 0 Å². The van der Waals surface area contributed by atoms with Crippen molar-refractivity contribution in [1.29, 1.82) is 0 Å². The summed E-state index contributed by atoms with van der Waals surface area (Å²) < 4.78 is 5.31. The summed E-state index contributed by atoms with van der Waals surface area (Å²) in [7, 11) is 0. The van der Waals surface area contributed by atoms with Crippen molar-refractivity contribution in [3.8, 4) is 0 Å². The van der Waals surface area contributed by atoms with Crippen LogP contribution in [0.3, 0.4) is 0 Å². The first kappa shape index (κ1) is 13.8. The molecule has 0 bridgehead atoms. The number of hydrogen-bond donors (Lipinski definition) is 1. The molecule has 0 aromatic heterocycles. The van der Waals surface area contributed by atoms with Crippen molar-refractivity contribution in [1.82, 2.24) is 0 Å². The molecule has 2 aromatic rings. The monoisotopic (exact) mass is 270 g/mol. The Labute approximate surface area is 116 Å². The Morgan fingerprint density at radius 2 is 1.50 bits per heavy atom. The van der Waals surface area contributed by atoms with Gasteiger partial charge in [0, 0.05) is 0 Å². The van der Waals surface area contributed by atoms with E-state index in [-0.39, 0.29) is 11.1 Å². The average molecular weight is 270 g/mol. The van der Waals surface area contributed by atoms with Crippen molar-refractivity contribution >= 4 is 11.9 Å². The van der Waals surface area contributed by atoms with E-state index in [1.165, 1.54) is 12.1 Å².